The number of carbonyl (C=O) groups excluding carboxylic acids is 1. The third-order valence-electron chi connectivity index (χ3n) is 4.21. The number of azo groups is 1. The zero-order chi connectivity index (χ0) is 22.9. The molecule has 0 bridgehead atoms. The van der Waals surface area contributed by atoms with E-state index in [4.69, 9.17) is 11.6 Å². The van der Waals surface area contributed by atoms with Crippen LogP contribution in [0.5, 0.6) is 5.88 Å². The Balaban J connectivity index is 2.07. The van der Waals surface area contributed by atoms with Crippen LogP contribution in [0.1, 0.15) is 10.4 Å². The van der Waals surface area contributed by atoms with Crippen molar-refractivity contribution in [1.29, 1.82) is 0 Å². The van der Waals surface area contributed by atoms with Gasteiger partial charge in [0.1, 0.15) is 0 Å². The predicted octanol–water partition coefficient (Wildman–Crippen LogP) is 4.26. The van der Waals surface area contributed by atoms with E-state index in [-0.39, 0.29) is 17.1 Å². The largest absolute Gasteiger partial charge is 0.493 e. The van der Waals surface area contributed by atoms with Crippen molar-refractivity contribution in [3.63, 3.8) is 0 Å². The molecule has 160 valence electrons. The second-order valence-electron chi connectivity index (χ2n) is 6.74. The first-order valence-corrected chi connectivity index (χ1v) is 9.01. The molecule has 31 heavy (non-hydrogen) atoms. The SMILES string of the molecule is CN(C)Cn1c(O)c(N=NC(=O)c2cc([N+](=O)[O-])cc([N+](=O)[O-])c2)c2cc(Cl)ccc21. The maximum Gasteiger partial charge on any atom is 0.295 e. The number of rotatable bonds is 6. The van der Waals surface area contributed by atoms with Gasteiger partial charge in [0.25, 0.3) is 17.3 Å². The zero-order valence-electron chi connectivity index (χ0n) is 16.2. The summed E-state index contributed by atoms with van der Waals surface area (Å²) in [5, 5.41) is 40.8. The van der Waals surface area contributed by atoms with Gasteiger partial charge < -0.3 is 5.11 Å². The van der Waals surface area contributed by atoms with Crippen molar-refractivity contribution in [2.45, 2.75) is 6.67 Å². The van der Waals surface area contributed by atoms with Crippen molar-refractivity contribution in [1.82, 2.24) is 9.47 Å². The van der Waals surface area contributed by atoms with Crippen molar-refractivity contribution in [2.75, 3.05) is 14.1 Å². The molecule has 0 unspecified atom stereocenters. The molecule has 0 fully saturated rings. The van der Waals surface area contributed by atoms with Gasteiger partial charge in [-0.3, -0.25) is 34.5 Å². The Hall–Kier alpha value is -3.90. The summed E-state index contributed by atoms with van der Waals surface area (Å²) in [6.07, 6.45) is 0. The number of nitrogens with zero attached hydrogens (tertiary/aromatic N) is 6. The number of amides is 1. The molecule has 0 spiro atoms. The van der Waals surface area contributed by atoms with Crippen LogP contribution in [0.2, 0.25) is 5.02 Å². The molecule has 0 saturated heterocycles. The van der Waals surface area contributed by atoms with Crippen LogP contribution in [0.3, 0.4) is 0 Å². The lowest BCUT2D eigenvalue weighted by Gasteiger charge is -2.13. The summed E-state index contributed by atoms with van der Waals surface area (Å²) in [5.74, 6) is -1.32. The lowest BCUT2D eigenvalue weighted by atomic mass is 10.1. The van der Waals surface area contributed by atoms with Gasteiger partial charge in [-0.15, -0.1) is 10.2 Å². The van der Waals surface area contributed by atoms with Crippen LogP contribution >= 0.6 is 11.6 Å². The van der Waals surface area contributed by atoms with E-state index in [1.54, 1.807) is 37.2 Å². The number of halogens is 1. The Labute approximate surface area is 179 Å². The summed E-state index contributed by atoms with van der Waals surface area (Å²) < 4.78 is 1.53. The number of nitro groups is 2. The molecule has 0 aliphatic rings. The first-order chi connectivity index (χ1) is 14.6. The monoisotopic (exact) mass is 446 g/mol. The van der Waals surface area contributed by atoms with E-state index < -0.39 is 27.1 Å². The van der Waals surface area contributed by atoms with Crippen LogP contribution in [-0.2, 0) is 6.67 Å². The Bertz CT molecular complexity index is 1220. The van der Waals surface area contributed by atoms with E-state index in [9.17, 15) is 30.1 Å². The standard InChI is InChI=1S/C18H15ClN6O6/c1-22(2)9-23-15-4-3-11(19)7-14(15)16(18(23)27)20-21-17(26)10-5-12(24(28)29)8-13(6-10)25(30)31/h3-8,27H,9H2,1-2H3. The van der Waals surface area contributed by atoms with Crippen LogP contribution in [0, 0.1) is 20.2 Å². The Kier molecular flexibility index (Phi) is 5.95. The quantitative estimate of drug-likeness (QED) is 0.336. The average Bonchev–Trinajstić information content (AvgIpc) is 2.95. The molecule has 0 radical (unpaired) electrons. The number of benzene rings is 2. The van der Waals surface area contributed by atoms with Gasteiger partial charge in [0.05, 0.1) is 33.7 Å². The van der Waals surface area contributed by atoms with E-state index in [0.717, 1.165) is 18.2 Å². The van der Waals surface area contributed by atoms with Crippen LogP contribution in [0.15, 0.2) is 46.6 Å². The Morgan fingerprint density at radius 2 is 1.74 bits per heavy atom. The molecule has 1 aromatic heterocycles. The minimum atomic E-state index is -1.05. The molecule has 12 nitrogen and oxygen atoms in total. The van der Waals surface area contributed by atoms with Gasteiger partial charge in [-0.25, -0.2) is 0 Å². The van der Waals surface area contributed by atoms with Crippen LogP contribution in [0.4, 0.5) is 17.1 Å². The van der Waals surface area contributed by atoms with E-state index in [0.29, 0.717) is 22.6 Å². The zero-order valence-corrected chi connectivity index (χ0v) is 17.0. The first-order valence-electron chi connectivity index (χ1n) is 8.64. The van der Waals surface area contributed by atoms with Gasteiger partial charge >= 0.3 is 0 Å². The van der Waals surface area contributed by atoms with Crippen molar-refractivity contribution in [3.8, 4) is 5.88 Å². The maximum atomic E-state index is 12.4. The molecule has 3 rings (SSSR count). The minimum Gasteiger partial charge on any atom is -0.493 e. The van der Waals surface area contributed by atoms with Crippen LogP contribution < -0.4 is 0 Å². The third-order valence-corrected chi connectivity index (χ3v) is 4.44. The molecule has 0 aliphatic heterocycles. The smallest absolute Gasteiger partial charge is 0.295 e. The van der Waals surface area contributed by atoms with Crippen molar-refractivity contribution >= 4 is 45.5 Å². The number of hydrogen-bond donors (Lipinski definition) is 1. The predicted molar refractivity (Wildman–Crippen MR) is 111 cm³/mol. The number of non-ortho nitro benzene ring substituents is 2. The molecule has 2 aromatic carbocycles. The number of aromatic nitrogens is 1. The topological polar surface area (TPSA) is 156 Å². The second-order valence-corrected chi connectivity index (χ2v) is 7.18. The fourth-order valence-electron chi connectivity index (χ4n) is 2.90. The first kappa shape index (κ1) is 21.8. The van der Waals surface area contributed by atoms with E-state index in [2.05, 4.69) is 10.2 Å². The molecule has 13 heteroatoms. The summed E-state index contributed by atoms with van der Waals surface area (Å²) >= 11 is 6.04. The highest BCUT2D eigenvalue weighted by atomic mass is 35.5. The minimum absolute atomic E-state index is 0.0346. The molecule has 0 saturated carbocycles. The second kappa shape index (κ2) is 8.45. The Morgan fingerprint density at radius 1 is 1.13 bits per heavy atom. The van der Waals surface area contributed by atoms with Gasteiger partial charge in [0.15, 0.2) is 5.69 Å². The molecule has 3 aromatic rings. The van der Waals surface area contributed by atoms with Gasteiger partial charge in [-0.2, -0.15) is 0 Å². The number of hydrogen-bond acceptors (Lipinski definition) is 8. The maximum absolute atomic E-state index is 12.4. The number of aromatic hydroxyl groups is 1. The molecule has 1 N–H and O–H groups in total. The summed E-state index contributed by atoms with van der Waals surface area (Å²) in [5.41, 5.74) is -1.11. The molecular weight excluding hydrogens is 432 g/mol. The lowest BCUT2D eigenvalue weighted by molar-refractivity contribution is -0.394. The molecule has 1 heterocycles. The number of nitro benzene ring substituents is 2. The highest BCUT2D eigenvalue weighted by Gasteiger charge is 2.21. The van der Waals surface area contributed by atoms with Gasteiger partial charge in [0, 0.05) is 22.5 Å². The molecule has 1 amide bonds. The van der Waals surface area contributed by atoms with Gasteiger partial charge in [-0.1, -0.05) is 11.6 Å². The molecule has 0 atom stereocenters. The third kappa shape index (κ3) is 4.49. The van der Waals surface area contributed by atoms with Crippen LogP contribution in [0.25, 0.3) is 10.9 Å². The van der Waals surface area contributed by atoms with Crippen molar-refractivity contribution in [3.05, 3.63) is 67.2 Å². The number of carbonyl (C=O) groups is 1. The fourth-order valence-corrected chi connectivity index (χ4v) is 3.07. The van der Waals surface area contributed by atoms with Crippen molar-refractivity contribution < 1.29 is 19.7 Å². The van der Waals surface area contributed by atoms with E-state index >= 15 is 0 Å². The van der Waals surface area contributed by atoms with Crippen molar-refractivity contribution in [2.24, 2.45) is 10.2 Å². The highest BCUT2D eigenvalue weighted by molar-refractivity contribution is 6.31. The molecule has 0 aliphatic carbocycles. The normalized spacial score (nSPS) is 11.5. The Morgan fingerprint density at radius 3 is 2.29 bits per heavy atom. The summed E-state index contributed by atoms with van der Waals surface area (Å²) in [7, 11) is 3.59. The average molecular weight is 447 g/mol. The lowest BCUT2D eigenvalue weighted by Crippen LogP contribution is -2.16. The van der Waals surface area contributed by atoms with Gasteiger partial charge in [0.2, 0.25) is 5.88 Å². The summed E-state index contributed by atoms with van der Waals surface area (Å²) in [4.78, 5) is 34.5. The number of fused-ring (bicyclic) bond motifs is 1. The highest BCUT2D eigenvalue weighted by Crippen LogP contribution is 2.40. The summed E-state index contributed by atoms with van der Waals surface area (Å²) in [6.45, 7) is 0.296. The summed E-state index contributed by atoms with van der Waals surface area (Å²) in [6, 6.07) is 7.30. The van der Waals surface area contributed by atoms with E-state index in [1.165, 1.54) is 4.57 Å². The van der Waals surface area contributed by atoms with Gasteiger partial charge in [-0.05, 0) is 32.3 Å². The fraction of sp³-hybridized carbons (Fsp3) is 0.167. The van der Waals surface area contributed by atoms with E-state index in [1.807, 2.05) is 0 Å². The molecular formula is C18H15ClN6O6. The van der Waals surface area contributed by atoms with Crippen LogP contribution in [-0.4, -0.2) is 44.4 Å².